The lowest BCUT2D eigenvalue weighted by atomic mass is 10.2. The summed E-state index contributed by atoms with van der Waals surface area (Å²) in [5, 5.41) is 7.15. The van der Waals surface area contributed by atoms with Crippen LogP contribution in [0.1, 0.15) is 18.1 Å². The predicted molar refractivity (Wildman–Crippen MR) is 80.4 cm³/mol. The van der Waals surface area contributed by atoms with Gasteiger partial charge in [-0.15, -0.1) is 0 Å². The van der Waals surface area contributed by atoms with Gasteiger partial charge in [-0.05, 0) is 44.5 Å². The van der Waals surface area contributed by atoms with E-state index < -0.39 is 0 Å². The van der Waals surface area contributed by atoms with E-state index in [2.05, 4.69) is 20.6 Å². The Morgan fingerprint density at radius 3 is 2.68 bits per heavy atom. The van der Waals surface area contributed by atoms with Gasteiger partial charge in [0.25, 0.3) is 0 Å². The van der Waals surface area contributed by atoms with Crippen LogP contribution >= 0.6 is 11.6 Å². The highest BCUT2D eigenvalue weighted by molar-refractivity contribution is 6.31. The molecular weight excluding hydrogens is 260 g/mol. The van der Waals surface area contributed by atoms with Crippen molar-refractivity contribution in [1.29, 1.82) is 0 Å². The Morgan fingerprint density at radius 2 is 2.00 bits per heavy atom. The minimum absolute atomic E-state index is 0.626. The molecule has 1 aromatic heterocycles. The molecule has 2 N–H and O–H groups in total. The molecule has 1 heterocycles. The van der Waals surface area contributed by atoms with Crippen LogP contribution in [0.3, 0.4) is 0 Å². The second-order valence-corrected chi connectivity index (χ2v) is 4.75. The summed E-state index contributed by atoms with van der Waals surface area (Å²) in [7, 11) is 0. The standard InChI is InChI=1S/C14H17ClN4/c1-4-16-14-17-8-10(3)13(19-14)18-11-5-6-12(15)9(2)7-11/h5-8H,4H2,1-3H3,(H2,16,17,18,19). The van der Waals surface area contributed by atoms with Gasteiger partial charge < -0.3 is 10.6 Å². The molecule has 5 heteroatoms. The van der Waals surface area contributed by atoms with Gasteiger partial charge in [-0.1, -0.05) is 11.6 Å². The molecule has 19 heavy (non-hydrogen) atoms. The molecule has 2 aromatic rings. The first-order chi connectivity index (χ1) is 9.10. The SMILES string of the molecule is CCNc1ncc(C)c(Nc2ccc(Cl)c(C)c2)n1. The topological polar surface area (TPSA) is 49.8 Å². The highest BCUT2D eigenvalue weighted by atomic mass is 35.5. The van der Waals surface area contributed by atoms with Crippen LogP contribution in [-0.2, 0) is 0 Å². The smallest absolute Gasteiger partial charge is 0.224 e. The van der Waals surface area contributed by atoms with Gasteiger partial charge in [0.1, 0.15) is 5.82 Å². The van der Waals surface area contributed by atoms with Gasteiger partial charge in [0.2, 0.25) is 5.95 Å². The Hall–Kier alpha value is -1.81. The van der Waals surface area contributed by atoms with Crippen molar-refractivity contribution < 1.29 is 0 Å². The molecule has 0 saturated carbocycles. The van der Waals surface area contributed by atoms with Crippen LogP contribution in [0.4, 0.5) is 17.5 Å². The molecule has 0 radical (unpaired) electrons. The zero-order valence-electron chi connectivity index (χ0n) is 11.3. The summed E-state index contributed by atoms with van der Waals surface area (Å²) in [6.07, 6.45) is 1.80. The Kier molecular flexibility index (Phi) is 4.22. The first-order valence-electron chi connectivity index (χ1n) is 6.21. The number of benzene rings is 1. The number of halogens is 1. The molecule has 0 spiro atoms. The van der Waals surface area contributed by atoms with E-state index in [-0.39, 0.29) is 0 Å². The fourth-order valence-electron chi connectivity index (χ4n) is 1.67. The molecule has 0 bridgehead atoms. The normalized spacial score (nSPS) is 10.3. The van der Waals surface area contributed by atoms with Crippen LogP contribution in [0.15, 0.2) is 24.4 Å². The van der Waals surface area contributed by atoms with E-state index in [1.54, 1.807) is 6.20 Å². The largest absolute Gasteiger partial charge is 0.354 e. The van der Waals surface area contributed by atoms with Gasteiger partial charge in [-0.3, -0.25) is 0 Å². The maximum absolute atomic E-state index is 6.02. The van der Waals surface area contributed by atoms with Gasteiger partial charge in [0.15, 0.2) is 0 Å². The van der Waals surface area contributed by atoms with Crippen molar-refractivity contribution in [2.45, 2.75) is 20.8 Å². The van der Waals surface area contributed by atoms with E-state index in [0.717, 1.165) is 34.2 Å². The van der Waals surface area contributed by atoms with E-state index >= 15 is 0 Å². The zero-order chi connectivity index (χ0) is 13.8. The summed E-state index contributed by atoms with van der Waals surface area (Å²) in [5.74, 6) is 1.42. The molecule has 1 aromatic carbocycles. The lowest BCUT2D eigenvalue weighted by molar-refractivity contribution is 1.07. The number of rotatable bonds is 4. The fraction of sp³-hybridized carbons (Fsp3) is 0.286. The van der Waals surface area contributed by atoms with E-state index in [0.29, 0.717) is 5.95 Å². The van der Waals surface area contributed by atoms with Crippen molar-refractivity contribution in [2.24, 2.45) is 0 Å². The average Bonchev–Trinajstić information content (AvgIpc) is 2.38. The van der Waals surface area contributed by atoms with Crippen LogP contribution in [-0.4, -0.2) is 16.5 Å². The van der Waals surface area contributed by atoms with E-state index in [1.807, 2.05) is 39.0 Å². The molecule has 4 nitrogen and oxygen atoms in total. The summed E-state index contributed by atoms with van der Waals surface area (Å²) in [6, 6.07) is 5.81. The molecule has 2 rings (SSSR count). The van der Waals surface area contributed by atoms with Gasteiger partial charge in [0, 0.05) is 29.0 Å². The van der Waals surface area contributed by atoms with E-state index in [4.69, 9.17) is 11.6 Å². The van der Waals surface area contributed by atoms with E-state index in [9.17, 15) is 0 Å². The van der Waals surface area contributed by atoms with Crippen molar-refractivity contribution in [2.75, 3.05) is 17.2 Å². The van der Waals surface area contributed by atoms with Crippen LogP contribution in [0.25, 0.3) is 0 Å². The van der Waals surface area contributed by atoms with E-state index in [1.165, 1.54) is 0 Å². The molecule has 0 amide bonds. The molecule has 0 fully saturated rings. The molecule has 0 aliphatic rings. The lowest BCUT2D eigenvalue weighted by Gasteiger charge is -2.11. The van der Waals surface area contributed by atoms with Crippen molar-refractivity contribution >= 4 is 29.1 Å². The number of nitrogens with zero attached hydrogens (tertiary/aromatic N) is 2. The quantitative estimate of drug-likeness (QED) is 0.889. The van der Waals surface area contributed by atoms with Crippen molar-refractivity contribution in [3.63, 3.8) is 0 Å². The Morgan fingerprint density at radius 1 is 1.21 bits per heavy atom. The van der Waals surface area contributed by atoms with Crippen LogP contribution in [0, 0.1) is 13.8 Å². The number of hydrogen-bond donors (Lipinski definition) is 2. The molecule has 0 saturated heterocycles. The highest BCUT2D eigenvalue weighted by Gasteiger charge is 2.05. The number of anilines is 3. The van der Waals surface area contributed by atoms with Crippen LogP contribution in [0.2, 0.25) is 5.02 Å². The fourth-order valence-corrected chi connectivity index (χ4v) is 1.79. The van der Waals surface area contributed by atoms with Gasteiger partial charge >= 0.3 is 0 Å². The second kappa shape index (κ2) is 5.89. The maximum Gasteiger partial charge on any atom is 0.224 e. The van der Waals surface area contributed by atoms with Gasteiger partial charge in [0.05, 0.1) is 0 Å². The molecule has 100 valence electrons. The Balaban J connectivity index is 2.26. The number of hydrogen-bond acceptors (Lipinski definition) is 4. The van der Waals surface area contributed by atoms with Crippen LogP contribution in [0.5, 0.6) is 0 Å². The number of nitrogens with one attached hydrogen (secondary N) is 2. The third-order valence-electron chi connectivity index (χ3n) is 2.73. The third kappa shape index (κ3) is 3.35. The van der Waals surface area contributed by atoms with Gasteiger partial charge in [-0.2, -0.15) is 4.98 Å². The third-order valence-corrected chi connectivity index (χ3v) is 3.15. The molecular formula is C14H17ClN4. The lowest BCUT2D eigenvalue weighted by Crippen LogP contribution is -2.05. The zero-order valence-corrected chi connectivity index (χ0v) is 12.0. The van der Waals surface area contributed by atoms with Crippen molar-refractivity contribution in [3.8, 4) is 0 Å². The summed E-state index contributed by atoms with van der Waals surface area (Å²) in [4.78, 5) is 8.66. The predicted octanol–water partition coefficient (Wildman–Crippen LogP) is 3.92. The Labute approximate surface area is 118 Å². The molecule has 0 aliphatic heterocycles. The number of aryl methyl sites for hydroxylation is 2. The summed E-state index contributed by atoms with van der Waals surface area (Å²) in [5.41, 5.74) is 2.99. The minimum Gasteiger partial charge on any atom is -0.354 e. The summed E-state index contributed by atoms with van der Waals surface area (Å²) < 4.78 is 0. The highest BCUT2D eigenvalue weighted by Crippen LogP contribution is 2.23. The maximum atomic E-state index is 6.02. The number of aromatic nitrogens is 2. The van der Waals surface area contributed by atoms with Crippen LogP contribution < -0.4 is 10.6 Å². The van der Waals surface area contributed by atoms with Crippen molar-refractivity contribution in [1.82, 2.24) is 9.97 Å². The first kappa shape index (κ1) is 13.6. The van der Waals surface area contributed by atoms with Crippen molar-refractivity contribution in [3.05, 3.63) is 40.5 Å². The molecule has 0 atom stereocenters. The minimum atomic E-state index is 0.626. The first-order valence-corrected chi connectivity index (χ1v) is 6.58. The monoisotopic (exact) mass is 276 g/mol. The summed E-state index contributed by atoms with van der Waals surface area (Å²) in [6.45, 7) is 6.76. The molecule has 0 unspecified atom stereocenters. The average molecular weight is 277 g/mol. The summed E-state index contributed by atoms with van der Waals surface area (Å²) >= 11 is 6.02. The second-order valence-electron chi connectivity index (χ2n) is 4.34. The Bertz CT molecular complexity index is 584. The van der Waals surface area contributed by atoms with Gasteiger partial charge in [-0.25, -0.2) is 4.98 Å². The molecule has 0 aliphatic carbocycles.